The smallest absolute Gasteiger partial charge is 0.265 e. The number of amides is 1. The fourth-order valence-corrected chi connectivity index (χ4v) is 3.44. The normalized spacial score (nSPS) is 14.4. The molecule has 1 aromatic carbocycles. The Labute approximate surface area is 148 Å². The molecule has 3 heterocycles. The largest absolute Gasteiger partial charge is 0.487 e. The van der Waals surface area contributed by atoms with Gasteiger partial charge in [-0.15, -0.1) is 16.4 Å². The summed E-state index contributed by atoms with van der Waals surface area (Å²) in [6, 6.07) is 9.77. The zero-order valence-corrected chi connectivity index (χ0v) is 14.5. The minimum Gasteiger partial charge on any atom is -0.487 e. The Bertz CT molecular complexity index is 870. The molecule has 0 saturated carbocycles. The summed E-state index contributed by atoms with van der Waals surface area (Å²) in [6.45, 7) is 3.51. The molecule has 2 aromatic heterocycles. The Morgan fingerprint density at radius 3 is 2.84 bits per heavy atom. The van der Waals surface area contributed by atoms with Gasteiger partial charge in [0.2, 0.25) is 0 Å². The van der Waals surface area contributed by atoms with Gasteiger partial charge in [-0.05, 0) is 19.1 Å². The highest BCUT2D eigenvalue weighted by atomic mass is 32.1. The van der Waals surface area contributed by atoms with Gasteiger partial charge >= 0.3 is 0 Å². The standard InChI is InChI=1S/C17H17N5O2S/c1-12-16(25-11-18-12)17(23)21-8-14(9-21)22-7-13(19-20-22)10-24-15-5-3-2-4-6-15/h2-7,11,14H,8-10H2,1H3. The first-order valence-corrected chi connectivity index (χ1v) is 8.86. The number of carbonyl (C=O) groups is 1. The third-order valence-electron chi connectivity index (χ3n) is 4.15. The SMILES string of the molecule is Cc1ncsc1C(=O)N1CC(n2cc(COc3ccccc3)nn2)C1. The molecule has 1 fully saturated rings. The molecule has 3 aromatic rings. The van der Waals surface area contributed by atoms with Crippen LogP contribution < -0.4 is 4.74 Å². The minimum atomic E-state index is 0.0454. The van der Waals surface area contributed by atoms with Gasteiger partial charge in [0.05, 0.1) is 23.4 Å². The van der Waals surface area contributed by atoms with E-state index in [9.17, 15) is 4.79 Å². The van der Waals surface area contributed by atoms with Crippen LogP contribution in [-0.2, 0) is 6.61 Å². The first-order valence-electron chi connectivity index (χ1n) is 7.98. The third-order valence-corrected chi connectivity index (χ3v) is 5.07. The molecular formula is C17H17N5O2S. The number of carbonyl (C=O) groups excluding carboxylic acids is 1. The molecule has 1 amide bonds. The second-order valence-corrected chi connectivity index (χ2v) is 6.78. The maximum atomic E-state index is 12.4. The van der Waals surface area contributed by atoms with E-state index in [1.165, 1.54) is 11.3 Å². The van der Waals surface area contributed by atoms with E-state index in [-0.39, 0.29) is 11.9 Å². The van der Waals surface area contributed by atoms with Crippen molar-refractivity contribution in [3.63, 3.8) is 0 Å². The summed E-state index contributed by atoms with van der Waals surface area (Å²) in [5.74, 6) is 0.849. The van der Waals surface area contributed by atoms with Crippen molar-refractivity contribution in [1.82, 2.24) is 24.9 Å². The van der Waals surface area contributed by atoms with Gasteiger partial charge in [-0.25, -0.2) is 9.67 Å². The van der Waals surface area contributed by atoms with Gasteiger partial charge in [-0.2, -0.15) is 0 Å². The van der Waals surface area contributed by atoms with Gasteiger partial charge in [0.15, 0.2) is 0 Å². The average Bonchev–Trinajstić information content (AvgIpc) is 3.21. The number of likely N-dealkylation sites (tertiary alicyclic amines) is 1. The van der Waals surface area contributed by atoms with Crippen molar-refractivity contribution in [3.05, 3.63) is 58.3 Å². The highest BCUT2D eigenvalue weighted by Crippen LogP contribution is 2.25. The molecule has 128 valence electrons. The van der Waals surface area contributed by atoms with Crippen LogP contribution in [0, 0.1) is 6.92 Å². The van der Waals surface area contributed by atoms with Gasteiger partial charge in [-0.3, -0.25) is 4.79 Å². The number of thiazole rings is 1. The lowest BCUT2D eigenvalue weighted by Gasteiger charge is -2.38. The molecule has 0 aliphatic carbocycles. The van der Waals surface area contributed by atoms with E-state index in [1.54, 1.807) is 5.51 Å². The van der Waals surface area contributed by atoms with Gasteiger partial charge in [0.1, 0.15) is 22.9 Å². The van der Waals surface area contributed by atoms with Crippen LogP contribution in [-0.4, -0.2) is 43.9 Å². The fourth-order valence-electron chi connectivity index (χ4n) is 2.67. The lowest BCUT2D eigenvalue weighted by atomic mass is 10.1. The van der Waals surface area contributed by atoms with E-state index >= 15 is 0 Å². The summed E-state index contributed by atoms with van der Waals surface area (Å²) in [5, 5.41) is 8.31. The van der Waals surface area contributed by atoms with Crippen molar-refractivity contribution in [1.29, 1.82) is 0 Å². The summed E-state index contributed by atoms with van der Waals surface area (Å²) in [7, 11) is 0. The second kappa shape index (κ2) is 6.64. The molecule has 7 nitrogen and oxygen atoms in total. The summed E-state index contributed by atoms with van der Waals surface area (Å²) in [5.41, 5.74) is 3.27. The molecule has 0 atom stereocenters. The molecule has 0 N–H and O–H groups in total. The Morgan fingerprint density at radius 1 is 1.32 bits per heavy atom. The molecule has 1 aliphatic heterocycles. The van der Waals surface area contributed by atoms with Crippen molar-refractivity contribution in [2.24, 2.45) is 0 Å². The van der Waals surface area contributed by atoms with Crippen molar-refractivity contribution in [2.75, 3.05) is 13.1 Å². The predicted molar refractivity (Wildman–Crippen MR) is 92.6 cm³/mol. The minimum absolute atomic E-state index is 0.0454. The van der Waals surface area contributed by atoms with Crippen molar-refractivity contribution >= 4 is 17.2 Å². The third kappa shape index (κ3) is 3.25. The summed E-state index contributed by atoms with van der Waals surface area (Å²) in [6.07, 6.45) is 1.88. The van der Waals surface area contributed by atoms with E-state index in [4.69, 9.17) is 4.74 Å². The van der Waals surface area contributed by atoms with E-state index in [0.29, 0.717) is 24.6 Å². The number of hydrogen-bond donors (Lipinski definition) is 0. The number of aryl methyl sites for hydroxylation is 1. The fraction of sp³-hybridized carbons (Fsp3) is 0.294. The molecule has 4 rings (SSSR count). The van der Waals surface area contributed by atoms with Crippen LogP contribution in [0.25, 0.3) is 0 Å². The number of benzene rings is 1. The number of hydrogen-bond acceptors (Lipinski definition) is 6. The molecule has 0 radical (unpaired) electrons. The second-order valence-electron chi connectivity index (χ2n) is 5.92. The Hall–Kier alpha value is -2.74. The maximum absolute atomic E-state index is 12.4. The number of aromatic nitrogens is 4. The molecule has 0 spiro atoms. The topological polar surface area (TPSA) is 73.1 Å². The molecule has 1 saturated heterocycles. The molecule has 1 aliphatic rings. The van der Waals surface area contributed by atoms with Crippen LogP contribution in [0.1, 0.15) is 27.1 Å². The lowest BCUT2D eigenvalue weighted by molar-refractivity contribution is 0.0502. The predicted octanol–water partition coefficient (Wildman–Crippen LogP) is 2.32. The lowest BCUT2D eigenvalue weighted by Crippen LogP contribution is -2.50. The van der Waals surface area contributed by atoms with Gasteiger partial charge in [0.25, 0.3) is 5.91 Å². The van der Waals surface area contributed by atoms with Crippen molar-refractivity contribution < 1.29 is 9.53 Å². The molecule has 8 heteroatoms. The van der Waals surface area contributed by atoms with Crippen LogP contribution in [0.15, 0.2) is 42.0 Å². The van der Waals surface area contributed by atoms with Gasteiger partial charge in [0, 0.05) is 13.1 Å². The summed E-state index contributed by atoms with van der Waals surface area (Å²) >= 11 is 1.39. The highest BCUT2D eigenvalue weighted by molar-refractivity contribution is 7.11. The Morgan fingerprint density at radius 2 is 2.12 bits per heavy atom. The molecular weight excluding hydrogens is 338 g/mol. The first-order chi connectivity index (χ1) is 12.2. The summed E-state index contributed by atoms with van der Waals surface area (Å²) < 4.78 is 7.48. The molecule has 25 heavy (non-hydrogen) atoms. The van der Waals surface area contributed by atoms with Crippen LogP contribution in [0.5, 0.6) is 5.75 Å². The molecule has 0 bridgehead atoms. The van der Waals surface area contributed by atoms with E-state index in [0.717, 1.165) is 17.1 Å². The van der Waals surface area contributed by atoms with E-state index < -0.39 is 0 Å². The number of para-hydroxylation sites is 1. The Kier molecular flexibility index (Phi) is 4.19. The van der Waals surface area contributed by atoms with Crippen LogP contribution >= 0.6 is 11.3 Å². The van der Waals surface area contributed by atoms with Crippen molar-refractivity contribution in [2.45, 2.75) is 19.6 Å². The number of ether oxygens (including phenoxy) is 1. The number of rotatable bonds is 5. The van der Waals surface area contributed by atoms with Crippen molar-refractivity contribution in [3.8, 4) is 5.75 Å². The van der Waals surface area contributed by atoms with Gasteiger partial charge in [-0.1, -0.05) is 23.4 Å². The monoisotopic (exact) mass is 355 g/mol. The van der Waals surface area contributed by atoms with Gasteiger partial charge < -0.3 is 9.64 Å². The zero-order valence-electron chi connectivity index (χ0n) is 13.7. The quantitative estimate of drug-likeness (QED) is 0.702. The highest BCUT2D eigenvalue weighted by Gasteiger charge is 2.34. The zero-order chi connectivity index (χ0) is 17.2. The van der Waals surface area contributed by atoms with E-state index in [2.05, 4.69) is 15.3 Å². The average molecular weight is 355 g/mol. The first kappa shape index (κ1) is 15.8. The maximum Gasteiger partial charge on any atom is 0.265 e. The molecule has 0 unspecified atom stereocenters. The van der Waals surface area contributed by atoms with Crippen LogP contribution in [0.3, 0.4) is 0 Å². The van der Waals surface area contributed by atoms with E-state index in [1.807, 2.05) is 53.0 Å². The summed E-state index contributed by atoms with van der Waals surface area (Å²) in [4.78, 5) is 19.0. The number of nitrogens with zero attached hydrogens (tertiary/aromatic N) is 5. The van der Waals surface area contributed by atoms with Crippen LogP contribution in [0.2, 0.25) is 0 Å². The van der Waals surface area contributed by atoms with Crippen LogP contribution in [0.4, 0.5) is 0 Å². The Balaban J connectivity index is 1.32.